The molecule has 3 aromatic carbocycles. The molecular weight excluding hydrogens is 474 g/mol. The van der Waals surface area contributed by atoms with Gasteiger partial charge in [0.25, 0.3) is 0 Å². The first-order chi connectivity index (χ1) is 18.0. The number of nitrogens with zero attached hydrogens (tertiary/aromatic N) is 3. The van der Waals surface area contributed by atoms with Gasteiger partial charge >= 0.3 is 5.69 Å². The Morgan fingerprint density at radius 1 is 0.973 bits per heavy atom. The van der Waals surface area contributed by atoms with Gasteiger partial charge in [-0.15, -0.1) is 0 Å². The topological polar surface area (TPSA) is 53.5 Å². The number of H-pyrrole nitrogens is 1. The van der Waals surface area contributed by atoms with Crippen LogP contribution in [0.5, 0.6) is 5.75 Å². The quantitative estimate of drug-likeness (QED) is 0.451. The Morgan fingerprint density at radius 2 is 1.81 bits per heavy atom. The predicted octanol–water partition coefficient (Wildman–Crippen LogP) is 4.34. The third kappa shape index (κ3) is 4.58. The molecule has 1 fully saturated rings. The van der Waals surface area contributed by atoms with Crippen LogP contribution in [0, 0.1) is 11.6 Å². The fourth-order valence-corrected chi connectivity index (χ4v) is 5.22. The third-order valence-corrected chi connectivity index (χ3v) is 7.36. The second-order valence-electron chi connectivity index (χ2n) is 9.76. The second-order valence-corrected chi connectivity index (χ2v) is 9.76. The van der Waals surface area contributed by atoms with Crippen LogP contribution in [0.2, 0.25) is 0 Å². The molecule has 6 nitrogen and oxygen atoms in total. The summed E-state index contributed by atoms with van der Waals surface area (Å²) in [4.78, 5) is 20.5. The highest BCUT2D eigenvalue weighted by Crippen LogP contribution is 2.39. The van der Waals surface area contributed by atoms with Crippen LogP contribution < -0.4 is 10.4 Å². The monoisotopic (exact) mass is 502 g/mol. The van der Waals surface area contributed by atoms with Crippen LogP contribution in [0.1, 0.15) is 22.3 Å². The van der Waals surface area contributed by atoms with Gasteiger partial charge in [-0.3, -0.25) is 9.47 Å². The predicted molar refractivity (Wildman–Crippen MR) is 141 cm³/mol. The lowest BCUT2D eigenvalue weighted by atomic mass is 9.92. The molecule has 2 aliphatic heterocycles. The van der Waals surface area contributed by atoms with E-state index in [1.165, 1.54) is 18.2 Å². The number of fused-ring (bicyclic) bond motifs is 3. The Bertz CT molecular complexity index is 1560. The summed E-state index contributed by atoms with van der Waals surface area (Å²) in [6, 6.07) is 15.1. The standard InChI is InChI=1S/C29H28F2N4O2/c1-33-9-11-34(12-10-33)13-14-35-27-8-5-19(16-26(27)32-29(35)36)15-23-21-3-2-4-25(31)24(21)18-37-28-17-20(30)6-7-22(23)28/h2-8,15-17H,9-14,18H2,1H3,(H,32,36). The number of halogens is 2. The van der Waals surface area contributed by atoms with E-state index in [4.69, 9.17) is 4.74 Å². The number of hydrogen-bond donors (Lipinski definition) is 1. The lowest BCUT2D eigenvalue weighted by Gasteiger charge is -2.32. The van der Waals surface area contributed by atoms with Gasteiger partial charge in [0.15, 0.2) is 0 Å². The molecule has 1 saturated heterocycles. The van der Waals surface area contributed by atoms with Gasteiger partial charge in [-0.05, 0) is 60.2 Å². The fraction of sp³-hybridized carbons (Fsp3) is 0.276. The maximum Gasteiger partial charge on any atom is 0.326 e. The average Bonchev–Trinajstić information content (AvgIpc) is 3.11. The van der Waals surface area contributed by atoms with Crippen molar-refractivity contribution in [2.75, 3.05) is 39.8 Å². The highest BCUT2D eigenvalue weighted by atomic mass is 19.1. The minimum Gasteiger partial charge on any atom is -0.488 e. The summed E-state index contributed by atoms with van der Waals surface area (Å²) in [6.45, 7) is 5.53. The number of hydrogen-bond acceptors (Lipinski definition) is 4. The summed E-state index contributed by atoms with van der Waals surface area (Å²) in [5, 5.41) is 0. The first-order valence-corrected chi connectivity index (χ1v) is 12.5. The Kier molecular flexibility index (Phi) is 6.14. The molecule has 2 aliphatic rings. The van der Waals surface area contributed by atoms with Crippen LogP contribution in [0.3, 0.4) is 0 Å². The molecule has 0 spiro atoms. The van der Waals surface area contributed by atoms with Crippen molar-refractivity contribution in [3.63, 3.8) is 0 Å². The van der Waals surface area contributed by atoms with Gasteiger partial charge in [0.1, 0.15) is 24.0 Å². The normalized spacial score (nSPS) is 17.4. The largest absolute Gasteiger partial charge is 0.488 e. The lowest BCUT2D eigenvalue weighted by Crippen LogP contribution is -2.45. The second kappa shape index (κ2) is 9.61. The summed E-state index contributed by atoms with van der Waals surface area (Å²) >= 11 is 0. The van der Waals surface area contributed by atoms with Crippen LogP contribution in [0.4, 0.5) is 8.78 Å². The van der Waals surface area contributed by atoms with Gasteiger partial charge in [-0.25, -0.2) is 13.6 Å². The number of piperazine rings is 1. The zero-order chi connectivity index (χ0) is 25.5. The highest BCUT2D eigenvalue weighted by Gasteiger charge is 2.22. The molecule has 37 heavy (non-hydrogen) atoms. The van der Waals surface area contributed by atoms with Crippen molar-refractivity contribution >= 4 is 22.7 Å². The maximum atomic E-state index is 14.7. The molecule has 4 aromatic rings. The van der Waals surface area contributed by atoms with E-state index in [9.17, 15) is 13.6 Å². The van der Waals surface area contributed by atoms with Crippen LogP contribution in [-0.4, -0.2) is 59.1 Å². The molecule has 8 heteroatoms. The summed E-state index contributed by atoms with van der Waals surface area (Å²) in [7, 11) is 2.13. The molecule has 0 amide bonds. The average molecular weight is 503 g/mol. The van der Waals surface area contributed by atoms with Crippen LogP contribution >= 0.6 is 0 Å². The molecule has 1 aromatic heterocycles. The molecule has 0 radical (unpaired) electrons. The number of rotatable bonds is 4. The van der Waals surface area contributed by atoms with Gasteiger partial charge in [0.05, 0.1) is 11.0 Å². The minimum atomic E-state index is -0.415. The summed E-state index contributed by atoms with van der Waals surface area (Å²) < 4.78 is 36.3. The summed E-state index contributed by atoms with van der Waals surface area (Å²) in [6.07, 6.45) is 1.93. The van der Waals surface area contributed by atoms with Gasteiger partial charge in [-0.1, -0.05) is 18.2 Å². The van der Waals surface area contributed by atoms with E-state index in [0.717, 1.165) is 54.9 Å². The van der Waals surface area contributed by atoms with E-state index < -0.39 is 5.82 Å². The number of aromatic amines is 1. The number of aromatic nitrogens is 2. The summed E-state index contributed by atoms with van der Waals surface area (Å²) in [5.74, 6) is -0.415. The number of nitrogens with one attached hydrogen (secondary N) is 1. The Balaban J connectivity index is 1.37. The zero-order valence-electron chi connectivity index (χ0n) is 20.6. The van der Waals surface area contributed by atoms with Crippen molar-refractivity contribution in [1.82, 2.24) is 19.4 Å². The molecule has 0 saturated carbocycles. The van der Waals surface area contributed by atoms with Crippen molar-refractivity contribution in [2.45, 2.75) is 13.2 Å². The zero-order valence-corrected chi connectivity index (χ0v) is 20.6. The SMILES string of the molecule is CN1CCN(CCn2c(=O)[nH]c3cc(C=C4c5ccc(F)cc5OCc5c(F)cccc54)ccc32)CC1. The maximum absolute atomic E-state index is 14.7. The Labute approximate surface area is 213 Å². The van der Waals surface area contributed by atoms with Gasteiger partial charge in [0, 0.05) is 56.5 Å². The van der Waals surface area contributed by atoms with Crippen molar-refractivity contribution in [1.29, 1.82) is 0 Å². The highest BCUT2D eigenvalue weighted by molar-refractivity contribution is 5.95. The van der Waals surface area contributed by atoms with Crippen molar-refractivity contribution in [3.8, 4) is 5.75 Å². The fourth-order valence-electron chi connectivity index (χ4n) is 5.22. The van der Waals surface area contributed by atoms with Crippen LogP contribution in [0.25, 0.3) is 22.7 Å². The number of likely N-dealkylation sites (N-methyl/N-ethyl adjacent to an activating group) is 1. The van der Waals surface area contributed by atoms with Crippen LogP contribution in [0.15, 0.2) is 59.4 Å². The molecule has 190 valence electrons. The molecule has 1 N–H and O–H groups in total. The van der Waals surface area contributed by atoms with Crippen LogP contribution in [-0.2, 0) is 13.2 Å². The van der Waals surface area contributed by atoms with E-state index in [0.29, 0.717) is 29.0 Å². The number of benzene rings is 3. The van der Waals surface area contributed by atoms with E-state index in [-0.39, 0.29) is 18.1 Å². The van der Waals surface area contributed by atoms with Crippen molar-refractivity contribution < 1.29 is 13.5 Å². The van der Waals surface area contributed by atoms with Crippen molar-refractivity contribution in [3.05, 3.63) is 99.0 Å². The van der Waals surface area contributed by atoms with Crippen molar-refractivity contribution in [2.24, 2.45) is 0 Å². The van der Waals surface area contributed by atoms with Gasteiger partial charge < -0.3 is 14.6 Å². The van der Waals surface area contributed by atoms with E-state index >= 15 is 0 Å². The van der Waals surface area contributed by atoms with E-state index in [1.807, 2.05) is 30.3 Å². The van der Waals surface area contributed by atoms with E-state index in [2.05, 4.69) is 21.8 Å². The smallest absolute Gasteiger partial charge is 0.326 e. The molecule has 6 rings (SSSR count). The molecule has 0 bridgehead atoms. The van der Waals surface area contributed by atoms with Gasteiger partial charge in [-0.2, -0.15) is 0 Å². The van der Waals surface area contributed by atoms with Gasteiger partial charge in [0.2, 0.25) is 0 Å². The summed E-state index contributed by atoms with van der Waals surface area (Å²) in [5.41, 5.74) is 4.83. The minimum absolute atomic E-state index is 0.0122. The first-order valence-electron chi connectivity index (χ1n) is 12.5. The number of imidazole rings is 1. The molecular formula is C29H28F2N4O2. The molecule has 0 unspecified atom stereocenters. The molecule has 3 heterocycles. The first kappa shape index (κ1) is 23.6. The lowest BCUT2D eigenvalue weighted by molar-refractivity contribution is 0.150. The molecule has 0 aliphatic carbocycles. The molecule has 0 atom stereocenters. The third-order valence-electron chi connectivity index (χ3n) is 7.36. The Morgan fingerprint density at radius 3 is 2.65 bits per heavy atom. The van der Waals surface area contributed by atoms with E-state index in [1.54, 1.807) is 16.7 Å². The Hall–Kier alpha value is -3.75. The number of ether oxygens (including phenoxy) is 1.